The van der Waals surface area contributed by atoms with Gasteiger partial charge in [0, 0.05) is 12.4 Å². The Kier molecular flexibility index (Phi) is 3.87. The van der Waals surface area contributed by atoms with Crippen molar-refractivity contribution in [2.24, 2.45) is 5.92 Å². The van der Waals surface area contributed by atoms with Crippen molar-refractivity contribution in [2.45, 2.75) is 39.5 Å². The fourth-order valence-corrected chi connectivity index (χ4v) is 1.63. The van der Waals surface area contributed by atoms with Crippen LogP contribution < -0.4 is 0 Å². The van der Waals surface area contributed by atoms with Gasteiger partial charge in [-0.15, -0.1) is 0 Å². The maximum Gasteiger partial charge on any atom is 0.115 e. The van der Waals surface area contributed by atoms with Gasteiger partial charge in [0.05, 0.1) is 0 Å². The lowest BCUT2D eigenvalue weighted by molar-refractivity contribution is 0.487. The number of rotatable bonds is 4. The van der Waals surface area contributed by atoms with Crippen LogP contribution in [0.25, 0.3) is 0 Å². The molecule has 72 valence electrons. The van der Waals surface area contributed by atoms with E-state index in [9.17, 15) is 0 Å². The monoisotopic (exact) mass is 178 g/mol. The predicted octanol–water partition coefficient (Wildman–Crippen LogP) is 3.02. The molecule has 13 heavy (non-hydrogen) atoms. The molecule has 0 fully saturated rings. The van der Waals surface area contributed by atoms with Gasteiger partial charge in [0.25, 0.3) is 0 Å². The first-order valence-electron chi connectivity index (χ1n) is 4.99. The predicted molar refractivity (Wildman–Crippen MR) is 54.5 cm³/mol. The molecular weight excluding hydrogens is 160 g/mol. The molecule has 0 aromatic carbocycles. The van der Waals surface area contributed by atoms with Gasteiger partial charge in [-0.25, -0.2) is 9.97 Å². The van der Waals surface area contributed by atoms with Crippen LogP contribution in [0.1, 0.15) is 45.1 Å². The molecule has 1 unspecified atom stereocenters. The summed E-state index contributed by atoms with van der Waals surface area (Å²) in [5, 5.41) is 0. The fraction of sp³-hybridized carbons (Fsp3) is 0.636. The van der Waals surface area contributed by atoms with Crippen molar-refractivity contribution >= 4 is 0 Å². The highest BCUT2D eigenvalue weighted by Crippen LogP contribution is 2.25. The molecule has 2 nitrogen and oxygen atoms in total. The molecule has 1 aromatic heterocycles. The van der Waals surface area contributed by atoms with Crippen LogP contribution in [0.2, 0.25) is 0 Å². The van der Waals surface area contributed by atoms with E-state index in [2.05, 4.69) is 30.7 Å². The summed E-state index contributed by atoms with van der Waals surface area (Å²) in [4.78, 5) is 8.10. The number of nitrogens with zero attached hydrogens (tertiary/aromatic N) is 2. The minimum Gasteiger partial charge on any atom is -0.245 e. The standard InChI is InChI=1S/C11H18N2/c1-4-10(5-9(2)3)11-6-12-8-13-7-11/h6-10H,4-5H2,1-3H3. The van der Waals surface area contributed by atoms with Gasteiger partial charge in [-0.1, -0.05) is 20.8 Å². The lowest BCUT2D eigenvalue weighted by Crippen LogP contribution is -2.02. The second-order valence-corrected chi connectivity index (χ2v) is 3.91. The van der Waals surface area contributed by atoms with E-state index >= 15 is 0 Å². The molecule has 1 heterocycles. The Hall–Kier alpha value is -0.920. The molecular formula is C11H18N2. The molecule has 0 aliphatic rings. The zero-order valence-electron chi connectivity index (χ0n) is 8.70. The summed E-state index contributed by atoms with van der Waals surface area (Å²) in [6.45, 7) is 6.74. The van der Waals surface area contributed by atoms with E-state index in [1.54, 1.807) is 6.33 Å². The highest BCUT2D eigenvalue weighted by Gasteiger charge is 2.11. The van der Waals surface area contributed by atoms with E-state index in [0.717, 1.165) is 5.92 Å². The lowest BCUT2D eigenvalue weighted by Gasteiger charge is -2.16. The third kappa shape index (κ3) is 3.13. The van der Waals surface area contributed by atoms with Gasteiger partial charge in [-0.2, -0.15) is 0 Å². The van der Waals surface area contributed by atoms with Crippen molar-refractivity contribution in [3.05, 3.63) is 24.3 Å². The molecule has 0 saturated heterocycles. The Balaban J connectivity index is 2.67. The van der Waals surface area contributed by atoms with Gasteiger partial charge in [0.15, 0.2) is 0 Å². The molecule has 0 aliphatic heterocycles. The quantitative estimate of drug-likeness (QED) is 0.708. The van der Waals surface area contributed by atoms with Gasteiger partial charge in [0.1, 0.15) is 6.33 Å². The summed E-state index contributed by atoms with van der Waals surface area (Å²) >= 11 is 0. The van der Waals surface area contributed by atoms with E-state index < -0.39 is 0 Å². The average molecular weight is 178 g/mol. The number of aromatic nitrogens is 2. The SMILES string of the molecule is CCC(CC(C)C)c1cncnc1. The first kappa shape index (κ1) is 10.2. The average Bonchev–Trinajstić information content (AvgIpc) is 2.15. The van der Waals surface area contributed by atoms with Crippen molar-refractivity contribution in [1.29, 1.82) is 0 Å². The van der Waals surface area contributed by atoms with Crippen molar-refractivity contribution < 1.29 is 0 Å². The van der Waals surface area contributed by atoms with Crippen LogP contribution in [0.3, 0.4) is 0 Å². The minimum atomic E-state index is 0.626. The molecule has 1 aromatic rings. The first-order chi connectivity index (χ1) is 6.24. The van der Waals surface area contributed by atoms with E-state index in [0.29, 0.717) is 5.92 Å². The molecule has 1 rings (SSSR count). The molecule has 0 amide bonds. The highest BCUT2D eigenvalue weighted by molar-refractivity contribution is 5.09. The number of hydrogen-bond donors (Lipinski definition) is 0. The molecule has 0 aliphatic carbocycles. The Morgan fingerprint density at radius 2 is 1.85 bits per heavy atom. The van der Waals surface area contributed by atoms with Crippen LogP contribution >= 0.6 is 0 Å². The van der Waals surface area contributed by atoms with E-state index in [1.807, 2.05) is 12.4 Å². The van der Waals surface area contributed by atoms with Crippen LogP contribution in [-0.4, -0.2) is 9.97 Å². The Labute approximate surface area is 80.4 Å². The third-order valence-electron chi connectivity index (χ3n) is 2.30. The second-order valence-electron chi connectivity index (χ2n) is 3.91. The van der Waals surface area contributed by atoms with E-state index in [1.165, 1.54) is 18.4 Å². The van der Waals surface area contributed by atoms with Gasteiger partial charge >= 0.3 is 0 Å². The van der Waals surface area contributed by atoms with E-state index in [4.69, 9.17) is 0 Å². The first-order valence-corrected chi connectivity index (χ1v) is 4.99. The molecule has 0 N–H and O–H groups in total. The maximum absolute atomic E-state index is 4.05. The van der Waals surface area contributed by atoms with Crippen LogP contribution in [0.5, 0.6) is 0 Å². The molecule has 0 bridgehead atoms. The van der Waals surface area contributed by atoms with Gasteiger partial charge in [-0.05, 0) is 30.2 Å². The van der Waals surface area contributed by atoms with E-state index in [-0.39, 0.29) is 0 Å². The normalized spacial score (nSPS) is 13.2. The third-order valence-corrected chi connectivity index (χ3v) is 2.30. The van der Waals surface area contributed by atoms with Crippen molar-refractivity contribution in [3.8, 4) is 0 Å². The molecule has 1 atom stereocenters. The van der Waals surface area contributed by atoms with Crippen molar-refractivity contribution in [3.63, 3.8) is 0 Å². The summed E-state index contributed by atoms with van der Waals surface area (Å²) in [5.41, 5.74) is 1.28. The molecule has 2 heteroatoms. The van der Waals surface area contributed by atoms with Crippen LogP contribution in [0, 0.1) is 5.92 Å². The zero-order chi connectivity index (χ0) is 9.68. The topological polar surface area (TPSA) is 25.8 Å². The summed E-state index contributed by atoms with van der Waals surface area (Å²) < 4.78 is 0. The summed E-state index contributed by atoms with van der Waals surface area (Å²) in [6, 6.07) is 0. The minimum absolute atomic E-state index is 0.626. The van der Waals surface area contributed by atoms with Crippen LogP contribution in [0.15, 0.2) is 18.7 Å². The highest BCUT2D eigenvalue weighted by atomic mass is 14.8. The van der Waals surface area contributed by atoms with Gasteiger partial charge < -0.3 is 0 Å². The zero-order valence-corrected chi connectivity index (χ0v) is 8.70. The maximum atomic E-state index is 4.05. The molecule has 0 radical (unpaired) electrons. The number of hydrogen-bond acceptors (Lipinski definition) is 2. The van der Waals surface area contributed by atoms with Gasteiger partial charge in [-0.3, -0.25) is 0 Å². The van der Waals surface area contributed by atoms with Crippen LogP contribution in [-0.2, 0) is 0 Å². The summed E-state index contributed by atoms with van der Waals surface area (Å²) in [7, 11) is 0. The van der Waals surface area contributed by atoms with Gasteiger partial charge in [0.2, 0.25) is 0 Å². The van der Waals surface area contributed by atoms with Crippen molar-refractivity contribution in [2.75, 3.05) is 0 Å². The summed E-state index contributed by atoms with van der Waals surface area (Å²) in [6.07, 6.45) is 7.86. The fourth-order valence-electron chi connectivity index (χ4n) is 1.63. The van der Waals surface area contributed by atoms with Crippen molar-refractivity contribution in [1.82, 2.24) is 9.97 Å². The van der Waals surface area contributed by atoms with Crippen LogP contribution in [0.4, 0.5) is 0 Å². The smallest absolute Gasteiger partial charge is 0.115 e. The molecule has 0 spiro atoms. The Morgan fingerprint density at radius 1 is 1.23 bits per heavy atom. The largest absolute Gasteiger partial charge is 0.245 e. The summed E-state index contributed by atoms with van der Waals surface area (Å²) in [5.74, 6) is 1.37. The molecule has 0 saturated carbocycles. The Bertz CT molecular complexity index is 231. The Morgan fingerprint density at radius 3 is 2.31 bits per heavy atom. The second kappa shape index (κ2) is 4.95. The lowest BCUT2D eigenvalue weighted by atomic mass is 9.90.